The van der Waals surface area contributed by atoms with E-state index in [1.807, 2.05) is 12.3 Å². The van der Waals surface area contributed by atoms with Gasteiger partial charge in [0.15, 0.2) is 0 Å². The first-order valence-electron chi connectivity index (χ1n) is 9.79. The molecule has 3 rings (SSSR count). The van der Waals surface area contributed by atoms with Gasteiger partial charge in [-0.15, -0.1) is 0 Å². The van der Waals surface area contributed by atoms with Crippen LogP contribution in [0.1, 0.15) is 43.0 Å². The minimum Gasteiger partial charge on any atom is -0.497 e. The Morgan fingerprint density at radius 2 is 2.23 bits per heavy atom. The third-order valence-corrected chi connectivity index (χ3v) is 5.27. The molecule has 1 aliphatic heterocycles. The Morgan fingerprint density at radius 1 is 1.35 bits per heavy atom. The van der Waals surface area contributed by atoms with Crippen molar-refractivity contribution in [2.75, 3.05) is 20.2 Å². The minimum absolute atomic E-state index is 0.545. The summed E-state index contributed by atoms with van der Waals surface area (Å²) in [5.41, 5.74) is 3.94. The molecule has 0 radical (unpaired) electrons. The molecule has 1 N–H and O–H groups in total. The molecule has 0 bridgehead atoms. The molecule has 26 heavy (non-hydrogen) atoms. The van der Waals surface area contributed by atoms with E-state index < -0.39 is 0 Å². The lowest BCUT2D eigenvalue weighted by Crippen LogP contribution is -2.45. The predicted molar refractivity (Wildman–Crippen MR) is 105 cm³/mol. The Morgan fingerprint density at radius 3 is 3.04 bits per heavy atom. The zero-order valence-corrected chi connectivity index (χ0v) is 16.4. The average molecular weight is 357 g/mol. The summed E-state index contributed by atoms with van der Waals surface area (Å²) in [6.45, 7) is 9.54. The summed E-state index contributed by atoms with van der Waals surface area (Å²) in [6, 6.07) is 8.95. The van der Waals surface area contributed by atoms with Crippen molar-refractivity contribution in [2.24, 2.45) is 0 Å². The second kappa shape index (κ2) is 9.19. The van der Waals surface area contributed by atoms with Gasteiger partial charge >= 0.3 is 0 Å². The fraction of sp³-hybridized carbons (Fsp3) is 0.571. The molecule has 1 unspecified atom stereocenters. The first kappa shape index (κ1) is 18.9. The summed E-state index contributed by atoms with van der Waals surface area (Å²) >= 11 is 0. The SMILES string of the molecule is CCCn1ncc(CNC2CCCN(Cc3cccc(OC)c3)C2)c1C. The van der Waals surface area contributed by atoms with Gasteiger partial charge < -0.3 is 10.1 Å². The highest BCUT2D eigenvalue weighted by Gasteiger charge is 2.20. The largest absolute Gasteiger partial charge is 0.497 e. The number of hydrogen-bond donors (Lipinski definition) is 1. The Balaban J connectivity index is 1.52. The number of aryl methyl sites for hydroxylation is 1. The number of methoxy groups -OCH3 is 1. The van der Waals surface area contributed by atoms with Crippen molar-refractivity contribution in [1.82, 2.24) is 20.0 Å². The summed E-state index contributed by atoms with van der Waals surface area (Å²) in [5, 5.41) is 8.26. The van der Waals surface area contributed by atoms with Crippen LogP contribution in [0.2, 0.25) is 0 Å². The van der Waals surface area contributed by atoms with E-state index in [4.69, 9.17) is 4.74 Å². The van der Waals surface area contributed by atoms with Crippen LogP contribution in [0.5, 0.6) is 5.75 Å². The van der Waals surface area contributed by atoms with Gasteiger partial charge in [-0.05, 0) is 50.4 Å². The first-order chi connectivity index (χ1) is 12.7. The first-order valence-corrected chi connectivity index (χ1v) is 9.79. The molecule has 0 saturated carbocycles. The van der Waals surface area contributed by atoms with E-state index in [1.165, 1.54) is 36.2 Å². The molecule has 5 nitrogen and oxygen atoms in total. The van der Waals surface area contributed by atoms with Gasteiger partial charge in [0, 0.05) is 43.5 Å². The minimum atomic E-state index is 0.545. The number of ether oxygens (including phenoxy) is 1. The van der Waals surface area contributed by atoms with E-state index in [0.717, 1.165) is 38.3 Å². The van der Waals surface area contributed by atoms with Crippen molar-refractivity contribution in [3.63, 3.8) is 0 Å². The summed E-state index contributed by atoms with van der Waals surface area (Å²) in [7, 11) is 1.73. The van der Waals surface area contributed by atoms with Gasteiger partial charge in [-0.1, -0.05) is 19.1 Å². The van der Waals surface area contributed by atoms with E-state index in [1.54, 1.807) is 7.11 Å². The van der Waals surface area contributed by atoms with Crippen LogP contribution in [0.3, 0.4) is 0 Å². The van der Waals surface area contributed by atoms with Gasteiger partial charge in [-0.2, -0.15) is 5.10 Å². The lowest BCUT2D eigenvalue weighted by atomic mass is 10.0. The molecular formula is C21H32N4O. The second-order valence-electron chi connectivity index (χ2n) is 7.29. The molecule has 1 fully saturated rings. The van der Waals surface area contributed by atoms with Crippen molar-refractivity contribution in [1.29, 1.82) is 0 Å². The summed E-state index contributed by atoms with van der Waals surface area (Å²) < 4.78 is 7.46. The maximum Gasteiger partial charge on any atom is 0.119 e. The highest BCUT2D eigenvalue weighted by atomic mass is 16.5. The number of likely N-dealkylation sites (tertiary alicyclic amines) is 1. The van der Waals surface area contributed by atoms with Crippen LogP contribution in [0.25, 0.3) is 0 Å². The normalized spacial score (nSPS) is 18.2. The molecule has 1 atom stereocenters. The zero-order chi connectivity index (χ0) is 18.4. The van der Waals surface area contributed by atoms with Crippen LogP contribution < -0.4 is 10.1 Å². The molecule has 1 aromatic carbocycles. The van der Waals surface area contributed by atoms with Crippen molar-refractivity contribution in [3.8, 4) is 5.75 Å². The highest BCUT2D eigenvalue weighted by Crippen LogP contribution is 2.18. The molecule has 5 heteroatoms. The van der Waals surface area contributed by atoms with Gasteiger partial charge in [0.1, 0.15) is 5.75 Å². The maximum absolute atomic E-state index is 5.34. The van der Waals surface area contributed by atoms with Gasteiger partial charge in [0.25, 0.3) is 0 Å². The number of nitrogens with one attached hydrogen (secondary N) is 1. The van der Waals surface area contributed by atoms with E-state index in [2.05, 4.69) is 52.0 Å². The van der Waals surface area contributed by atoms with Crippen LogP contribution in [-0.4, -0.2) is 40.9 Å². The monoisotopic (exact) mass is 356 g/mol. The van der Waals surface area contributed by atoms with Crippen molar-refractivity contribution >= 4 is 0 Å². The van der Waals surface area contributed by atoms with E-state index >= 15 is 0 Å². The third kappa shape index (κ3) is 4.86. The highest BCUT2D eigenvalue weighted by molar-refractivity contribution is 5.28. The second-order valence-corrected chi connectivity index (χ2v) is 7.29. The lowest BCUT2D eigenvalue weighted by Gasteiger charge is -2.33. The number of benzene rings is 1. The Hall–Kier alpha value is -1.85. The summed E-state index contributed by atoms with van der Waals surface area (Å²) in [6.07, 6.45) is 5.64. The topological polar surface area (TPSA) is 42.3 Å². The van der Waals surface area contributed by atoms with Crippen LogP contribution >= 0.6 is 0 Å². The van der Waals surface area contributed by atoms with Gasteiger partial charge in [0.2, 0.25) is 0 Å². The maximum atomic E-state index is 5.34. The molecule has 1 aliphatic rings. The third-order valence-electron chi connectivity index (χ3n) is 5.27. The lowest BCUT2D eigenvalue weighted by molar-refractivity contribution is 0.182. The molecule has 0 amide bonds. The number of hydrogen-bond acceptors (Lipinski definition) is 4. The van der Waals surface area contributed by atoms with Crippen LogP contribution in [0.4, 0.5) is 0 Å². The van der Waals surface area contributed by atoms with Gasteiger partial charge in [-0.25, -0.2) is 0 Å². The van der Waals surface area contributed by atoms with Crippen molar-refractivity contribution < 1.29 is 4.74 Å². The predicted octanol–water partition coefficient (Wildman–Crippen LogP) is 3.36. The molecule has 0 spiro atoms. The van der Waals surface area contributed by atoms with Crippen molar-refractivity contribution in [3.05, 3.63) is 47.3 Å². The molecule has 142 valence electrons. The van der Waals surface area contributed by atoms with Crippen LogP contribution in [-0.2, 0) is 19.6 Å². The number of rotatable bonds is 8. The van der Waals surface area contributed by atoms with Gasteiger partial charge in [-0.3, -0.25) is 9.58 Å². The molecule has 1 aromatic heterocycles. The van der Waals surface area contributed by atoms with Crippen LogP contribution in [0, 0.1) is 6.92 Å². The fourth-order valence-corrected chi connectivity index (χ4v) is 3.75. The van der Waals surface area contributed by atoms with Crippen molar-refractivity contribution in [2.45, 2.75) is 58.8 Å². The Labute approximate surface area is 157 Å². The average Bonchev–Trinajstić information content (AvgIpc) is 3.01. The fourth-order valence-electron chi connectivity index (χ4n) is 3.75. The van der Waals surface area contributed by atoms with E-state index in [0.29, 0.717) is 6.04 Å². The zero-order valence-electron chi connectivity index (χ0n) is 16.4. The number of aromatic nitrogens is 2. The quantitative estimate of drug-likeness (QED) is 0.787. The van der Waals surface area contributed by atoms with Crippen LogP contribution in [0.15, 0.2) is 30.5 Å². The molecule has 2 heterocycles. The smallest absolute Gasteiger partial charge is 0.119 e. The standard InChI is InChI=1S/C21H32N4O/c1-4-10-25-17(2)19(14-23-25)13-22-20-8-6-11-24(16-20)15-18-7-5-9-21(12-18)26-3/h5,7,9,12,14,20,22H,4,6,8,10-11,13,15-16H2,1-3H3. The van der Waals surface area contributed by atoms with Gasteiger partial charge in [0.05, 0.1) is 13.3 Å². The molecule has 1 saturated heterocycles. The van der Waals surface area contributed by atoms with E-state index in [9.17, 15) is 0 Å². The summed E-state index contributed by atoms with van der Waals surface area (Å²) in [4.78, 5) is 2.54. The number of nitrogens with zero attached hydrogens (tertiary/aromatic N) is 3. The Kier molecular flexibility index (Phi) is 6.69. The molecular weight excluding hydrogens is 324 g/mol. The van der Waals surface area contributed by atoms with E-state index in [-0.39, 0.29) is 0 Å². The molecule has 0 aliphatic carbocycles. The molecule has 2 aromatic rings. The number of piperidine rings is 1. The summed E-state index contributed by atoms with van der Waals surface area (Å²) in [5.74, 6) is 0.939. The Bertz CT molecular complexity index is 697.